The predicted molar refractivity (Wildman–Crippen MR) is 94.8 cm³/mol. The molecule has 2 aromatic carbocycles. The number of nitrogens with zero attached hydrogens (tertiary/aromatic N) is 1. The van der Waals surface area contributed by atoms with E-state index in [9.17, 15) is 9.59 Å². The minimum atomic E-state index is -0.633. The van der Waals surface area contributed by atoms with Crippen LogP contribution in [0.2, 0.25) is 0 Å². The summed E-state index contributed by atoms with van der Waals surface area (Å²) in [7, 11) is 1.86. The summed E-state index contributed by atoms with van der Waals surface area (Å²) in [6, 6.07) is 13.0. The Morgan fingerprint density at radius 2 is 1.87 bits per heavy atom. The van der Waals surface area contributed by atoms with Gasteiger partial charge < -0.3 is 9.88 Å². The molecule has 1 heterocycles. The Morgan fingerprint density at radius 1 is 1.13 bits per heavy atom. The van der Waals surface area contributed by atoms with Crippen molar-refractivity contribution in [2.45, 2.75) is 6.92 Å². The van der Waals surface area contributed by atoms with Crippen LogP contribution < -0.4 is 5.32 Å². The van der Waals surface area contributed by atoms with Crippen molar-refractivity contribution < 1.29 is 9.59 Å². The standard InChI is InChI=1S/C18H15BrN2O2/c1-11-9-12(19)7-8-15(11)20-18(23)17(22)14-10-21(2)16-6-4-3-5-13(14)16/h3-10H,1-2H3,(H,20,23). The molecular weight excluding hydrogens is 356 g/mol. The van der Waals surface area contributed by atoms with Crippen LogP contribution in [0.1, 0.15) is 15.9 Å². The fraction of sp³-hybridized carbons (Fsp3) is 0.111. The van der Waals surface area contributed by atoms with Crippen LogP contribution in [0.5, 0.6) is 0 Å². The molecule has 23 heavy (non-hydrogen) atoms. The lowest BCUT2D eigenvalue weighted by molar-refractivity contribution is -0.112. The zero-order valence-corrected chi connectivity index (χ0v) is 14.3. The Morgan fingerprint density at radius 3 is 2.61 bits per heavy atom. The zero-order chi connectivity index (χ0) is 16.6. The number of carbonyl (C=O) groups excluding carboxylic acids is 2. The summed E-state index contributed by atoms with van der Waals surface area (Å²) in [5, 5.41) is 3.47. The summed E-state index contributed by atoms with van der Waals surface area (Å²) in [4.78, 5) is 24.8. The molecule has 0 saturated carbocycles. The second-order valence-electron chi connectivity index (χ2n) is 5.41. The number of halogens is 1. The third-order valence-electron chi connectivity index (χ3n) is 3.78. The molecule has 0 spiro atoms. The van der Waals surface area contributed by atoms with Crippen LogP contribution >= 0.6 is 15.9 Å². The van der Waals surface area contributed by atoms with Gasteiger partial charge in [0.15, 0.2) is 0 Å². The monoisotopic (exact) mass is 370 g/mol. The topological polar surface area (TPSA) is 51.1 Å². The number of hydrogen-bond acceptors (Lipinski definition) is 2. The van der Waals surface area contributed by atoms with Crippen molar-refractivity contribution in [3.63, 3.8) is 0 Å². The summed E-state index contributed by atoms with van der Waals surface area (Å²) < 4.78 is 2.77. The van der Waals surface area contributed by atoms with E-state index in [0.717, 1.165) is 20.9 Å². The second-order valence-corrected chi connectivity index (χ2v) is 6.33. The lowest BCUT2D eigenvalue weighted by atomic mass is 10.1. The third-order valence-corrected chi connectivity index (χ3v) is 4.28. The van der Waals surface area contributed by atoms with E-state index in [4.69, 9.17) is 0 Å². The largest absolute Gasteiger partial charge is 0.350 e. The van der Waals surface area contributed by atoms with E-state index in [-0.39, 0.29) is 0 Å². The quantitative estimate of drug-likeness (QED) is 0.557. The Hall–Kier alpha value is -2.40. The molecule has 3 aromatic rings. The number of ketones is 1. The molecule has 4 nitrogen and oxygen atoms in total. The number of carbonyl (C=O) groups is 2. The van der Waals surface area contributed by atoms with E-state index in [2.05, 4.69) is 21.2 Å². The van der Waals surface area contributed by atoms with Gasteiger partial charge in [-0.2, -0.15) is 0 Å². The van der Waals surface area contributed by atoms with Gasteiger partial charge in [-0.05, 0) is 36.8 Å². The van der Waals surface area contributed by atoms with Crippen molar-refractivity contribution in [2.75, 3.05) is 5.32 Å². The molecular formula is C18H15BrN2O2. The molecule has 1 aromatic heterocycles. The van der Waals surface area contributed by atoms with Crippen LogP contribution in [0.4, 0.5) is 5.69 Å². The summed E-state index contributed by atoms with van der Waals surface area (Å²) >= 11 is 3.38. The minimum absolute atomic E-state index is 0.412. The van der Waals surface area contributed by atoms with Crippen LogP contribution in [0, 0.1) is 6.92 Å². The first-order valence-electron chi connectivity index (χ1n) is 7.13. The number of hydrogen-bond donors (Lipinski definition) is 1. The van der Waals surface area contributed by atoms with Gasteiger partial charge in [0.05, 0.1) is 5.56 Å². The molecule has 0 unspecified atom stereocenters. The number of aryl methyl sites for hydroxylation is 2. The molecule has 0 saturated heterocycles. The van der Waals surface area contributed by atoms with E-state index in [0.29, 0.717) is 11.3 Å². The number of amides is 1. The number of nitrogens with one attached hydrogen (secondary N) is 1. The number of anilines is 1. The molecule has 0 radical (unpaired) electrons. The Labute approximate surface area is 142 Å². The van der Waals surface area contributed by atoms with Crippen molar-refractivity contribution in [3.05, 3.63) is 64.3 Å². The van der Waals surface area contributed by atoms with Crippen molar-refractivity contribution in [3.8, 4) is 0 Å². The fourth-order valence-electron chi connectivity index (χ4n) is 2.59. The predicted octanol–water partition coefficient (Wildman–Crippen LogP) is 4.07. The first-order valence-corrected chi connectivity index (χ1v) is 7.92. The van der Waals surface area contributed by atoms with E-state index < -0.39 is 11.7 Å². The molecule has 5 heteroatoms. The first-order chi connectivity index (χ1) is 11.0. The van der Waals surface area contributed by atoms with Crippen molar-refractivity contribution in [1.82, 2.24) is 4.57 Å². The maximum Gasteiger partial charge on any atom is 0.296 e. The van der Waals surface area contributed by atoms with Crippen LogP contribution in [0.15, 0.2) is 53.1 Å². The molecule has 1 amide bonds. The van der Waals surface area contributed by atoms with E-state index in [1.165, 1.54) is 0 Å². The van der Waals surface area contributed by atoms with Gasteiger partial charge in [0.2, 0.25) is 0 Å². The summed E-state index contributed by atoms with van der Waals surface area (Å²) in [6.45, 7) is 1.88. The molecule has 3 rings (SSSR count). The summed E-state index contributed by atoms with van der Waals surface area (Å²) in [5.41, 5.74) is 2.85. The molecule has 116 valence electrons. The number of para-hydroxylation sites is 1. The highest BCUT2D eigenvalue weighted by Crippen LogP contribution is 2.23. The molecule has 0 bridgehead atoms. The smallest absolute Gasteiger partial charge is 0.296 e. The maximum atomic E-state index is 12.5. The van der Waals surface area contributed by atoms with Crippen molar-refractivity contribution in [1.29, 1.82) is 0 Å². The van der Waals surface area contributed by atoms with Crippen LogP contribution in [-0.2, 0) is 11.8 Å². The van der Waals surface area contributed by atoms with Crippen molar-refractivity contribution >= 4 is 44.2 Å². The van der Waals surface area contributed by atoms with Gasteiger partial charge in [0.1, 0.15) is 0 Å². The third kappa shape index (κ3) is 2.92. The number of fused-ring (bicyclic) bond motifs is 1. The minimum Gasteiger partial charge on any atom is -0.350 e. The average molecular weight is 371 g/mol. The maximum absolute atomic E-state index is 12.5. The number of benzene rings is 2. The van der Waals surface area contributed by atoms with E-state index >= 15 is 0 Å². The highest BCUT2D eigenvalue weighted by Gasteiger charge is 2.21. The highest BCUT2D eigenvalue weighted by atomic mass is 79.9. The van der Waals surface area contributed by atoms with Crippen molar-refractivity contribution in [2.24, 2.45) is 7.05 Å². The van der Waals surface area contributed by atoms with E-state index in [1.54, 1.807) is 12.3 Å². The Kier molecular flexibility index (Phi) is 4.05. The van der Waals surface area contributed by atoms with Gasteiger partial charge >= 0.3 is 0 Å². The molecule has 1 N–H and O–H groups in total. The van der Waals surface area contributed by atoms with Gasteiger partial charge in [0, 0.05) is 34.3 Å². The molecule has 0 aliphatic heterocycles. The molecule has 0 aliphatic carbocycles. The Bertz CT molecular complexity index is 928. The summed E-state index contributed by atoms with van der Waals surface area (Å²) in [6.07, 6.45) is 1.70. The lowest BCUT2D eigenvalue weighted by Crippen LogP contribution is -2.23. The SMILES string of the molecule is Cc1cc(Br)ccc1NC(=O)C(=O)c1cn(C)c2ccccc12. The van der Waals surface area contributed by atoms with Gasteiger partial charge in [-0.1, -0.05) is 34.1 Å². The second kappa shape index (κ2) is 6.01. The fourth-order valence-corrected chi connectivity index (χ4v) is 3.07. The molecule has 0 atom stereocenters. The van der Waals surface area contributed by atoms with Gasteiger partial charge in [-0.15, -0.1) is 0 Å². The first kappa shape index (κ1) is 15.5. The van der Waals surface area contributed by atoms with Crippen LogP contribution in [-0.4, -0.2) is 16.3 Å². The molecule has 0 fully saturated rings. The van der Waals surface area contributed by atoms with Gasteiger partial charge in [-0.3, -0.25) is 9.59 Å². The zero-order valence-electron chi connectivity index (χ0n) is 12.8. The highest BCUT2D eigenvalue weighted by molar-refractivity contribution is 9.10. The number of Topliss-reactive ketones (excluding diaryl/α,β-unsaturated/α-hetero) is 1. The van der Waals surface area contributed by atoms with E-state index in [1.807, 2.05) is 54.9 Å². The Balaban J connectivity index is 1.91. The number of aromatic nitrogens is 1. The molecule has 0 aliphatic rings. The number of rotatable bonds is 3. The normalized spacial score (nSPS) is 10.7. The van der Waals surface area contributed by atoms with Gasteiger partial charge in [-0.25, -0.2) is 0 Å². The van der Waals surface area contributed by atoms with Crippen LogP contribution in [0.25, 0.3) is 10.9 Å². The average Bonchev–Trinajstić information content (AvgIpc) is 2.87. The van der Waals surface area contributed by atoms with Gasteiger partial charge in [0.25, 0.3) is 11.7 Å². The summed E-state index contributed by atoms with van der Waals surface area (Å²) in [5.74, 6) is -1.17. The van der Waals surface area contributed by atoms with Crippen LogP contribution in [0.3, 0.4) is 0 Å². The lowest BCUT2D eigenvalue weighted by Gasteiger charge is -2.07.